The number of aliphatic hydroxyl groups excluding tert-OH is 1. The second-order valence-electron chi connectivity index (χ2n) is 6.09. The molecule has 0 spiro atoms. The summed E-state index contributed by atoms with van der Waals surface area (Å²) in [6, 6.07) is 0. The van der Waals surface area contributed by atoms with Crippen molar-refractivity contribution in [3.8, 4) is 0 Å². The molecule has 1 amide bonds. The quantitative estimate of drug-likeness (QED) is 0.183. The molecule has 8 nitrogen and oxygen atoms in total. The summed E-state index contributed by atoms with van der Waals surface area (Å²) in [6.07, 6.45) is 0. The van der Waals surface area contributed by atoms with Crippen LogP contribution in [0.2, 0.25) is 0 Å². The van der Waals surface area contributed by atoms with Crippen molar-refractivity contribution < 1.29 is 14.6 Å². The number of aliphatic imine (C=N–C) groups is 1. The molecule has 1 unspecified atom stereocenters. The number of rotatable bonds is 9. The molecule has 3 N–H and O–H groups in total. The maximum atomic E-state index is 11.8. The molecule has 1 rings (SSSR count). The molecule has 0 aromatic carbocycles. The third-order valence-corrected chi connectivity index (χ3v) is 3.87. The zero-order valence-corrected chi connectivity index (χ0v) is 18.0. The van der Waals surface area contributed by atoms with Gasteiger partial charge in [0.2, 0.25) is 5.91 Å². The Labute approximate surface area is 168 Å². The molecule has 1 aliphatic heterocycles. The van der Waals surface area contributed by atoms with E-state index >= 15 is 0 Å². The van der Waals surface area contributed by atoms with Gasteiger partial charge >= 0.3 is 0 Å². The largest absolute Gasteiger partial charge is 0.396 e. The monoisotopic (exact) mass is 471 g/mol. The number of guanidine groups is 1. The standard InChI is InChI=1S/C16H33N5O3.HI/c1-4-17-16(19-11-14(2)13-22)21-8-6-20(7-9-21)12-15(23)18-5-10-24-3;/h14,22H,4-13H2,1-3H3,(H,17,19)(H,18,23);1H. The van der Waals surface area contributed by atoms with Crippen LogP contribution in [-0.2, 0) is 9.53 Å². The normalized spacial score (nSPS) is 17.0. The van der Waals surface area contributed by atoms with Crippen LogP contribution >= 0.6 is 24.0 Å². The van der Waals surface area contributed by atoms with E-state index in [0.29, 0.717) is 26.2 Å². The molecule has 0 radical (unpaired) electrons. The van der Waals surface area contributed by atoms with Crippen LogP contribution in [0.4, 0.5) is 0 Å². The van der Waals surface area contributed by atoms with Gasteiger partial charge in [-0.2, -0.15) is 0 Å². The van der Waals surface area contributed by atoms with Gasteiger partial charge in [0, 0.05) is 59.5 Å². The average Bonchev–Trinajstić information content (AvgIpc) is 2.59. The van der Waals surface area contributed by atoms with Gasteiger partial charge in [-0.3, -0.25) is 14.7 Å². The highest BCUT2D eigenvalue weighted by Gasteiger charge is 2.21. The number of carbonyl (C=O) groups excluding carboxylic acids is 1. The number of carbonyl (C=O) groups is 1. The van der Waals surface area contributed by atoms with Crippen molar-refractivity contribution in [1.82, 2.24) is 20.4 Å². The molecule has 0 saturated carbocycles. The molecule has 9 heteroatoms. The summed E-state index contributed by atoms with van der Waals surface area (Å²) in [5.41, 5.74) is 0. The van der Waals surface area contributed by atoms with Gasteiger partial charge in [-0.05, 0) is 12.8 Å². The fraction of sp³-hybridized carbons (Fsp3) is 0.875. The molecule has 0 aliphatic carbocycles. The van der Waals surface area contributed by atoms with Crippen LogP contribution in [-0.4, -0.2) is 99.5 Å². The summed E-state index contributed by atoms with van der Waals surface area (Å²) in [6.45, 7) is 10.4. The van der Waals surface area contributed by atoms with Crippen LogP contribution < -0.4 is 10.6 Å². The number of piperazine rings is 1. The summed E-state index contributed by atoms with van der Waals surface area (Å²) in [5.74, 6) is 1.09. The number of amides is 1. The molecular weight excluding hydrogens is 437 g/mol. The predicted octanol–water partition coefficient (Wildman–Crippen LogP) is -0.421. The maximum absolute atomic E-state index is 11.8. The molecule has 25 heavy (non-hydrogen) atoms. The molecular formula is C16H34IN5O3. The van der Waals surface area contributed by atoms with E-state index in [9.17, 15) is 4.79 Å². The Kier molecular flexibility index (Phi) is 14.1. The molecule has 0 bridgehead atoms. The maximum Gasteiger partial charge on any atom is 0.234 e. The second-order valence-corrected chi connectivity index (χ2v) is 6.09. The SMILES string of the molecule is CCNC(=NCC(C)CO)N1CCN(CC(=O)NCCOC)CC1.I. The lowest BCUT2D eigenvalue weighted by atomic mass is 10.2. The van der Waals surface area contributed by atoms with Crippen molar-refractivity contribution in [3.05, 3.63) is 0 Å². The van der Waals surface area contributed by atoms with Crippen LogP contribution in [0.25, 0.3) is 0 Å². The van der Waals surface area contributed by atoms with E-state index in [-0.39, 0.29) is 42.4 Å². The molecule has 0 aromatic heterocycles. The van der Waals surface area contributed by atoms with E-state index in [1.54, 1.807) is 7.11 Å². The number of methoxy groups -OCH3 is 1. The van der Waals surface area contributed by atoms with Crippen LogP contribution in [0, 0.1) is 5.92 Å². The summed E-state index contributed by atoms with van der Waals surface area (Å²) in [4.78, 5) is 20.8. The van der Waals surface area contributed by atoms with E-state index in [0.717, 1.165) is 38.7 Å². The third-order valence-electron chi connectivity index (χ3n) is 3.87. The van der Waals surface area contributed by atoms with Crippen molar-refractivity contribution in [2.45, 2.75) is 13.8 Å². The van der Waals surface area contributed by atoms with Crippen LogP contribution in [0.1, 0.15) is 13.8 Å². The number of ether oxygens (including phenoxy) is 1. The molecule has 1 heterocycles. The number of nitrogens with one attached hydrogen (secondary N) is 2. The van der Waals surface area contributed by atoms with Gasteiger partial charge in [0.15, 0.2) is 5.96 Å². The Balaban J connectivity index is 0.00000576. The second kappa shape index (κ2) is 14.5. The molecule has 148 valence electrons. The van der Waals surface area contributed by atoms with Gasteiger partial charge in [0.25, 0.3) is 0 Å². The van der Waals surface area contributed by atoms with Crippen molar-refractivity contribution in [3.63, 3.8) is 0 Å². The fourth-order valence-electron chi connectivity index (χ4n) is 2.40. The highest BCUT2D eigenvalue weighted by atomic mass is 127. The van der Waals surface area contributed by atoms with Crippen LogP contribution in [0.5, 0.6) is 0 Å². The van der Waals surface area contributed by atoms with Crippen molar-refractivity contribution in [1.29, 1.82) is 0 Å². The topological polar surface area (TPSA) is 89.4 Å². The lowest BCUT2D eigenvalue weighted by molar-refractivity contribution is -0.122. The zero-order valence-electron chi connectivity index (χ0n) is 15.7. The highest BCUT2D eigenvalue weighted by molar-refractivity contribution is 14.0. The third kappa shape index (κ3) is 10.2. The van der Waals surface area contributed by atoms with Crippen LogP contribution in [0.3, 0.4) is 0 Å². The Hall–Kier alpha value is -0.650. The minimum Gasteiger partial charge on any atom is -0.396 e. The van der Waals surface area contributed by atoms with Gasteiger partial charge in [-0.15, -0.1) is 24.0 Å². The van der Waals surface area contributed by atoms with E-state index in [1.807, 2.05) is 13.8 Å². The van der Waals surface area contributed by atoms with E-state index in [2.05, 4.69) is 25.4 Å². The first-order chi connectivity index (χ1) is 11.6. The molecule has 1 fully saturated rings. The van der Waals surface area contributed by atoms with Gasteiger partial charge in [-0.25, -0.2) is 0 Å². The Bertz CT molecular complexity index is 390. The number of nitrogens with zero attached hydrogens (tertiary/aromatic N) is 3. The fourth-order valence-corrected chi connectivity index (χ4v) is 2.40. The Morgan fingerprint density at radius 3 is 2.52 bits per heavy atom. The van der Waals surface area contributed by atoms with Crippen LogP contribution in [0.15, 0.2) is 4.99 Å². The lowest BCUT2D eigenvalue weighted by Gasteiger charge is -2.36. The van der Waals surface area contributed by atoms with E-state index in [4.69, 9.17) is 9.84 Å². The summed E-state index contributed by atoms with van der Waals surface area (Å²) in [7, 11) is 1.62. The number of hydrogen-bond acceptors (Lipinski definition) is 5. The van der Waals surface area contributed by atoms with E-state index in [1.165, 1.54) is 0 Å². The summed E-state index contributed by atoms with van der Waals surface area (Å²) >= 11 is 0. The molecule has 1 saturated heterocycles. The number of hydrogen-bond donors (Lipinski definition) is 3. The van der Waals surface area contributed by atoms with Gasteiger partial charge in [0.05, 0.1) is 13.2 Å². The van der Waals surface area contributed by atoms with Gasteiger partial charge in [-0.1, -0.05) is 6.92 Å². The van der Waals surface area contributed by atoms with Crippen molar-refractivity contribution >= 4 is 35.8 Å². The molecule has 1 atom stereocenters. The first kappa shape index (κ1) is 24.4. The minimum atomic E-state index is 0. The highest BCUT2D eigenvalue weighted by Crippen LogP contribution is 2.03. The molecule has 0 aromatic rings. The Morgan fingerprint density at radius 1 is 1.28 bits per heavy atom. The van der Waals surface area contributed by atoms with Gasteiger partial charge in [0.1, 0.15) is 0 Å². The van der Waals surface area contributed by atoms with Crippen molar-refractivity contribution in [2.24, 2.45) is 10.9 Å². The van der Waals surface area contributed by atoms with Gasteiger partial charge < -0.3 is 25.4 Å². The number of halogens is 1. The minimum absolute atomic E-state index is 0. The van der Waals surface area contributed by atoms with E-state index < -0.39 is 0 Å². The number of aliphatic hydroxyl groups is 1. The summed E-state index contributed by atoms with van der Waals surface area (Å²) in [5, 5.41) is 15.3. The predicted molar refractivity (Wildman–Crippen MR) is 111 cm³/mol. The summed E-state index contributed by atoms with van der Waals surface area (Å²) < 4.78 is 4.92. The molecule has 1 aliphatic rings. The Morgan fingerprint density at radius 2 is 1.96 bits per heavy atom. The lowest BCUT2D eigenvalue weighted by Crippen LogP contribution is -2.54. The smallest absolute Gasteiger partial charge is 0.234 e. The zero-order chi connectivity index (χ0) is 17.8. The first-order valence-corrected chi connectivity index (χ1v) is 8.72. The van der Waals surface area contributed by atoms with Crippen molar-refractivity contribution in [2.75, 3.05) is 72.7 Å². The average molecular weight is 471 g/mol. The first-order valence-electron chi connectivity index (χ1n) is 8.72.